The van der Waals surface area contributed by atoms with E-state index in [4.69, 9.17) is 21.1 Å². The number of ether oxygens (including phenoxy) is 2. The van der Waals surface area contributed by atoms with Crippen LogP contribution in [0.5, 0.6) is 11.5 Å². The van der Waals surface area contributed by atoms with Crippen LogP contribution in [0, 0.1) is 24.0 Å². The van der Waals surface area contributed by atoms with Crippen LogP contribution in [0.15, 0.2) is 29.2 Å². The lowest BCUT2D eigenvalue weighted by atomic mass is 10.2. The molecule has 1 N–H and O–H groups in total. The summed E-state index contributed by atoms with van der Waals surface area (Å²) in [4.78, 5) is 10.1. The van der Waals surface area contributed by atoms with E-state index in [1.807, 2.05) is 0 Å². The maximum absolute atomic E-state index is 12.7. The van der Waals surface area contributed by atoms with Crippen LogP contribution in [0.3, 0.4) is 0 Å². The van der Waals surface area contributed by atoms with Crippen molar-refractivity contribution >= 4 is 33.0 Å². The number of nitro benzene ring substituents is 1. The number of halogens is 1. The molecule has 0 aliphatic heterocycles. The van der Waals surface area contributed by atoms with Gasteiger partial charge in [0.05, 0.1) is 34.7 Å². The van der Waals surface area contributed by atoms with Crippen LogP contribution in [0.4, 0.5) is 11.4 Å². The number of anilines is 1. The zero-order valence-corrected chi connectivity index (χ0v) is 16.1. The second-order valence-electron chi connectivity index (χ2n) is 5.43. The molecule has 0 aliphatic carbocycles. The lowest BCUT2D eigenvalue weighted by Crippen LogP contribution is -2.14. The van der Waals surface area contributed by atoms with Gasteiger partial charge in [-0.05, 0) is 31.5 Å². The molecule has 2 rings (SSSR count). The van der Waals surface area contributed by atoms with Crippen molar-refractivity contribution in [1.82, 2.24) is 0 Å². The van der Waals surface area contributed by atoms with Crippen molar-refractivity contribution in [3.63, 3.8) is 0 Å². The number of benzene rings is 2. The molecule has 26 heavy (non-hydrogen) atoms. The van der Waals surface area contributed by atoms with Crippen molar-refractivity contribution in [3.8, 4) is 11.5 Å². The highest BCUT2D eigenvalue weighted by molar-refractivity contribution is 7.92. The summed E-state index contributed by atoms with van der Waals surface area (Å²) in [6.07, 6.45) is 0. The molecule has 0 saturated carbocycles. The average molecular weight is 401 g/mol. The topological polar surface area (TPSA) is 108 Å². The van der Waals surface area contributed by atoms with Crippen LogP contribution in [0.1, 0.15) is 11.1 Å². The molecule has 8 nitrogen and oxygen atoms in total. The predicted molar refractivity (Wildman–Crippen MR) is 97.9 cm³/mol. The van der Waals surface area contributed by atoms with Gasteiger partial charge in [-0.15, -0.1) is 0 Å². The van der Waals surface area contributed by atoms with Gasteiger partial charge in [0, 0.05) is 17.7 Å². The highest BCUT2D eigenvalue weighted by Gasteiger charge is 2.23. The van der Waals surface area contributed by atoms with Gasteiger partial charge >= 0.3 is 0 Å². The molecule has 0 unspecified atom stereocenters. The van der Waals surface area contributed by atoms with E-state index >= 15 is 0 Å². The first-order valence-electron chi connectivity index (χ1n) is 7.30. The van der Waals surface area contributed by atoms with Crippen LogP contribution in [-0.4, -0.2) is 27.6 Å². The summed E-state index contributed by atoms with van der Waals surface area (Å²) in [7, 11) is -1.22. The Bertz CT molecular complexity index is 975. The third-order valence-corrected chi connectivity index (χ3v) is 5.51. The molecule has 10 heteroatoms. The Morgan fingerprint density at radius 2 is 1.65 bits per heavy atom. The number of methoxy groups -OCH3 is 2. The van der Waals surface area contributed by atoms with Crippen LogP contribution >= 0.6 is 11.6 Å². The van der Waals surface area contributed by atoms with Gasteiger partial charge in [-0.25, -0.2) is 8.42 Å². The zero-order valence-electron chi connectivity index (χ0n) is 14.5. The highest BCUT2D eigenvalue weighted by Crippen LogP contribution is 2.35. The number of nitrogens with one attached hydrogen (secondary N) is 1. The summed E-state index contributed by atoms with van der Waals surface area (Å²) in [5.74, 6) is 0.783. The van der Waals surface area contributed by atoms with Crippen LogP contribution in [0.2, 0.25) is 5.02 Å². The lowest BCUT2D eigenvalue weighted by molar-refractivity contribution is -0.385. The summed E-state index contributed by atoms with van der Waals surface area (Å²) >= 11 is 5.96. The van der Waals surface area contributed by atoms with Crippen LogP contribution in [-0.2, 0) is 10.0 Å². The van der Waals surface area contributed by atoms with Crippen molar-refractivity contribution in [2.45, 2.75) is 18.7 Å². The maximum Gasteiger partial charge on any atom is 0.275 e. The first-order chi connectivity index (χ1) is 12.1. The summed E-state index contributed by atoms with van der Waals surface area (Å²) in [5.41, 5.74) is 0.653. The van der Waals surface area contributed by atoms with Crippen molar-refractivity contribution in [2.24, 2.45) is 0 Å². The fraction of sp³-hybridized carbons (Fsp3) is 0.250. The molecule has 2 aromatic rings. The van der Waals surface area contributed by atoms with Gasteiger partial charge in [0.25, 0.3) is 15.7 Å². The molecule has 2 aromatic carbocycles. The summed E-state index contributed by atoms with van der Waals surface area (Å²) < 4.78 is 38.1. The third-order valence-electron chi connectivity index (χ3n) is 3.77. The number of aryl methyl sites for hydroxylation is 1. The normalized spacial score (nSPS) is 11.1. The predicted octanol–water partition coefficient (Wildman–Crippen LogP) is 3.68. The second kappa shape index (κ2) is 7.38. The molecule has 0 fully saturated rings. The summed E-state index contributed by atoms with van der Waals surface area (Å²) in [6, 6.07) is 5.22. The Labute approximate surface area is 155 Å². The molecule has 0 atom stereocenters. The third kappa shape index (κ3) is 3.83. The second-order valence-corrected chi connectivity index (χ2v) is 7.52. The molecule has 0 aliphatic rings. The van der Waals surface area contributed by atoms with Gasteiger partial charge in [0.2, 0.25) is 0 Å². The molecule has 0 spiro atoms. The van der Waals surface area contributed by atoms with E-state index in [-0.39, 0.29) is 26.9 Å². The molecular formula is C16H17ClN2O6S. The largest absolute Gasteiger partial charge is 0.493 e. The molecule has 0 saturated heterocycles. The Kier molecular flexibility index (Phi) is 5.62. The van der Waals surface area contributed by atoms with Gasteiger partial charge in [-0.2, -0.15) is 0 Å². The number of nitro groups is 1. The summed E-state index contributed by atoms with van der Waals surface area (Å²) in [6.45, 7) is 3.13. The van der Waals surface area contributed by atoms with Gasteiger partial charge < -0.3 is 9.47 Å². The van der Waals surface area contributed by atoms with Gasteiger partial charge in [-0.3, -0.25) is 14.8 Å². The van der Waals surface area contributed by atoms with Crippen molar-refractivity contribution in [3.05, 3.63) is 50.5 Å². The van der Waals surface area contributed by atoms with E-state index in [0.29, 0.717) is 17.1 Å². The molecule has 140 valence electrons. The van der Waals surface area contributed by atoms with E-state index in [0.717, 1.165) is 6.07 Å². The standard InChI is InChI=1S/C16H17ClN2O6S/c1-9-5-15(24-3)16(25-4)8-13(9)18-26(22,23)11-6-12(17)10(2)14(7-11)19(20)21/h5-8,18H,1-4H3. The minimum atomic E-state index is -4.11. The van der Waals surface area contributed by atoms with Crippen molar-refractivity contribution in [2.75, 3.05) is 18.9 Å². The molecule has 0 radical (unpaired) electrons. The monoisotopic (exact) mass is 400 g/mol. The number of rotatable bonds is 6. The van der Waals surface area contributed by atoms with E-state index in [1.165, 1.54) is 33.3 Å². The van der Waals surface area contributed by atoms with E-state index in [1.54, 1.807) is 13.0 Å². The SMILES string of the molecule is COc1cc(C)c(NS(=O)(=O)c2cc(Cl)c(C)c([N+](=O)[O-])c2)cc1OC. The zero-order chi connectivity index (χ0) is 19.6. The highest BCUT2D eigenvalue weighted by atomic mass is 35.5. The van der Waals surface area contributed by atoms with Crippen LogP contribution in [0.25, 0.3) is 0 Å². The van der Waals surface area contributed by atoms with Gasteiger partial charge in [0.1, 0.15) is 0 Å². The first kappa shape index (κ1) is 19.8. The lowest BCUT2D eigenvalue weighted by Gasteiger charge is -2.15. The van der Waals surface area contributed by atoms with Crippen molar-refractivity contribution in [1.29, 1.82) is 0 Å². The Morgan fingerprint density at radius 1 is 1.08 bits per heavy atom. The Hall–Kier alpha value is -2.52. The average Bonchev–Trinajstić information content (AvgIpc) is 2.57. The Morgan fingerprint density at radius 3 is 2.19 bits per heavy atom. The fourth-order valence-corrected chi connectivity index (χ4v) is 3.73. The molecule has 0 bridgehead atoms. The van der Waals surface area contributed by atoms with E-state index in [9.17, 15) is 18.5 Å². The van der Waals surface area contributed by atoms with Crippen molar-refractivity contribution < 1.29 is 22.8 Å². The van der Waals surface area contributed by atoms with Gasteiger partial charge in [-0.1, -0.05) is 11.6 Å². The van der Waals surface area contributed by atoms with Crippen LogP contribution < -0.4 is 14.2 Å². The quantitative estimate of drug-likeness (QED) is 0.585. The number of nitrogens with zero attached hydrogens (tertiary/aromatic N) is 1. The number of sulfonamides is 1. The van der Waals surface area contributed by atoms with E-state index < -0.39 is 14.9 Å². The number of hydrogen-bond acceptors (Lipinski definition) is 6. The minimum Gasteiger partial charge on any atom is -0.493 e. The molecule has 0 amide bonds. The molecular weight excluding hydrogens is 384 g/mol. The molecule has 0 heterocycles. The first-order valence-corrected chi connectivity index (χ1v) is 9.16. The number of hydrogen-bond donors (Lipinski definition) is 1. The van der Waals surface area contributed by atoms with E-state index in [2.05, 4.69) is 4.72 Å². The minimum absolute atomic E-state index is 0.0105. The molecule has 0 aromatic heterocycles. The Balaban J connectivity index is 2.52. The maximum atomic E-state index is 12.7. The summed E-state index contributed by atoms with van der Waals surface area (Å²) in [5, 5.41) is 11.1. The smallest absolute Gasteiger partial charge is 0.275 e. The fourth-order valence-electron chi connectivity index (χ4n) is 2.28. The van der Waals surface area contributed by atoms with Gasteiger partial charge in [0.15, 0.2) is 11.5 Å².